The van der Waals surface area contributed by atoms with Crippen LogP contribution in [0.5, 0.6) is 0 Å². The predicted octanol–water partition coefficient (Wildman–Crippen LogP) is 3.45. The van der Waals surface area contributed by atoms with Crippen LogP contribution in [0.3, 0.4) is 0 Å². The van der Waals surface area contributed by atoms with E-state index in [0.717, 1.165) is 5.92 Å². The van der Waals surface area contributed by atoms with Gasteiger partial charge in [0.25, 0.3) is 0 Å². The molecule has 0 aliphatic heterocycles. The Morgan fingerprint density at radius 3 is 2.88 bits per heavy atom. The number of fused-ring (bicyclic) bond motifs is 1. The molecule has 86 valence electrons. The summed E-state index contributed by atoms with van der Waals surface area (Å²) in [7, 11) is 0. The van der Waals surface area contributed by atoms with Crippen LogP contribution < -0.4 is 5.32 Å². The van der Waals surface area contributed by atoms with Crippen molar-refractivity contribution in [2.75, 3.05) is 0 Å². The fourth-order valence-corrected chi connectivity index (χ4v) is 3.00. The van der Waals surface area contributed by atoms with Gasteiger partial charge >= 0.3 is 0 Å². The van der Waals surface area contributed by atoms with E-state index in [0.29, 0.717) is 12.1 Å². The highest BCUT2D eigenvalue weighted by Gasteiger charge is 2.27. The Bertz CT molecular complexity index is 367. The Morgan fingerprint density at radius 2 is 2.06 bits per heavy atom. The molecule has 1 saturated carbocycles. The van der Waals surface area contributed by atoms with Gasteiger partial charge in [0.2, 0.25) is 0 Å². The van der Waals surface area contributed by atoms with Crippen LogP contribution in [0, 0.1) is 5.92 Å². The first kappa shape index (κ1) is 10.3. The summed E-state index contributed by atoms with van der Waals surface area (Å²) in [5, 5.41) is 3.81. The summed E-state index contributed by atoms with van der Waals surface area (Å²) < 4.78 is 0. The lowest BCUT2D eigenvalue weighted by atomic mass is 10.1. The van der Waals surface area contributed by atoms with Crippen LogP contribution in [-0.4, -0.2) is 6.04 Å². The standard InChI is InChI=1S/C15H21N/c1-11(10-12-6-7-12)16-15-9-8-13-4-2-3-5-14(13)15/h2-5,11-12,15-16H,6-10H2,1H3. The summed E-state index contributed by atoms with van der Waals surface area (Å²) in [6.07, 6.45) is 6.84. The average Bonchev–Trinajstić information content (AvgIpc) is 3.00. The summed E-state index contributed by atoms with van der Waals surface area (Å²) in [4.78, 5) is 0. The molecule has 16 heavy (non-hydrogen) atoms. The summed E-state index contributed by atoms with van der Waals surface area (Å²) in [6, 6.07) is 10.2. The summed E-state index contributed by atoms with van der Waals surface area (Å²) in [6.45, 7) is 2.35. The van der Waals surface area contributed by atoms with Gasteiger partial charge in [-0.05, 0) is 43.2 Å². The molecule has 2 aliphatic rings. The molecule has 0 amide bonds. The molecular formula is C15H21N. The van der Waals surface area contributed by atoms with Crippen molar-refractivity contribution in [3.8, 4) is 0 Å². The Morgan fingerprint density at radius 1 is 1.25 bits per heavy atom. The Labute approximate surface area is 98.3 Å². The Kier molecular flexibility index (Phi) is 2.72. The van der Waals surface area contributed by atoms with Crippen LogP contribution >= 0.6 is 0 Å². The molecule has 2 unspecified atom stereocenters. The van der Waals surface area contributed by atoms with Crippen LogP contribution in [0.1, 0.15) is 49.8 Å². The molecule has 0 bridgehead atoms. The Balaban J connectivity index is 1.63. The van der Waals surface area contributed by atoms with Gasteiger partial charge in [0.1, 0.15) is 0 Å². The van der Waals surface area contributed by atoms with Gasteiger partial charge in [0.05, 0.1) is 0 Å². The van der Waals surface area contributed by atoms with E-state index in [-0.39, 0.29) is 0 Å². The topological polar surface area (TPSA) is 12.0 Å². The molecule has 1 heteroatoms. The SMILES string of the molecule is CC(CC1CC1)NC1CCc2ccccc21. The quantitative estimate of drug-likeness (QED) is 0.811. The zero-order valence-corrected chi connectivity index (χ0v) is 10.1. The minimum absolute atomic E-state index is 0.616. The molecule has 0 heterocycles. The first-order valence-corrected chi connectivity index (χ1v) is 6.67. The smallest absolute Gasteiger partial charge is 0.0328 e. The maximum atomic E-state index is 3.81. The van der Waals surface area contributed by atoms with E-state index in [9.17, 15) is 0 Å². The second-order valence-corrected chi connectivity index (χ2v) is 5.54. The third-order valence-electron chi connectivity index (χ3n) is 4.00. The van der Waals surface area contributed by atoms with Crippen molar-refractivity contribution in [3.05, 3.63) is 35.4 Å². The van der Waals surface area contributed by atoms with Crippen molar-refractivity contribution >= 4 is 0 Å². The highest BCUT2D eigenvalue weighted by atomic mass is 14.9. The normalized spacial score (nSPS) is 25.4. The van der Waals surface area contributed by atoms with Crippen molar-refractivity contribution in [1.29, 1.82) is 0 Å². The van der Waals surface area contributed by atoms with E-state index in [2.05, 4.69) is 36.5 Å². The van der Waals surface area contributed by atoms with Crippen molar-refractivity contribution in [2.24, 2.45) is 5.92 Å². The molecule has 1 fully saturated rings. The van der Waals surface area contributed by atoms with E-state index in [1.165, 1.54) is 32.1 Å². The fraction of sp³-hybridized carbons (Fsp3) is 0.600. The lowest BCUT2D eigenvalue weighted by Gasteiger charge is -2.20. The lowest BCUT2D eigenvalue weighted by molar-refractivity contribution is 0.419. The van der Waals surface area contributed by atoms with Crippen molar-refractivity contribution in [3.63, 3.8) is 0 Å². The van der Waals surface area contributed by atoms with Gasteiger partial charge in [-0.25, -0.2) is 0 Å². The van der Waals surface area contributed by atoms with E-state index in [1.54, 1.807) is 11.1 Å². The highest BCUT2D eigenvalue weighted by Crippen LogP contribution is 2.35. The predicted molar refractivity (Wildman–Crippen MR) is 67.4 cm³/mol. The maximum Gasteiger partial charge on any atom is 0.0328 e. The molecule has 1 nitrogen and oxygen atoms in total. The molecule has 1 aromatic carbocycles. The maximum absolute atomic E-state index is 3.81. The number of hydrogen-bond donors (Lipinski definition) is 1. The van der Waals surface area contributed by atoms with E-state index >= 15 is 0 Å². The number of rotatable bonds is 4. The molecule has 1 aromatic rings. The molecule has 0 spiro atoms. The van der Waals surface area contributed by atoms with Crippen molar-refractivity contribution < 1.29 is 0 Å². The molecule has 1 N–H and O–H groups in total. The van der Waals surface area contributed by atoms with Crippen LogP contribution in [0.25, 0.3) is 0 Å². The van der Waals surface area contributed by atoms with Gasteiger partial charge in [-0.3, -0.25) is 0 Å². The van der Waals surface area contributed by atoms with Gasteiger partial charge in [-0.1, -0.05) is 37.1 Å². The minimum Gasteiger partial charge on any atom is -0.307 e. The summed E-state index contributed by atoms with van der Waals surface area (Å²) in [5.74, 6) is 1.03. The largest absolute Gasteiger partial charge is 0.307 e. The van der Waals surface area contributed by atoms with Crippen molar-refractivity contribution in [2.45, 2.75) is 51.1 Å². The van der Waals surface area contributed by atoms with Crippen LogP contribution in [-0.2, 0) is 6.42 Å². The first-order chi connectivity index (χ1) is 7.83. The average molecular weight is 215 g/mol. The zero-order chi connectivity index (χ0) is 11.0. The van der Waals surface area contributed by atoms with E-state index in [4.69, 9.17) is 0 Å². The second kappa shape index (κ2) is 4.21. The summed E-state index contributed by atoms with van der Waals surface area (Å²) >= 11 is 0. The number of nitrogens with one attached hydrogen (secondary N) is 1. The lowest BCUT2D eigenvalue weighted by Crippen LogP contribution is -2.29. The molecule has 0 aromatic heterocycles. The highest BCUT2D eigenvalue weighted by molar-refractivity contribution is 5.34. The summed E-state index contributed by atoms with van der Waals surface area (Å²) in [5.41, 5.74) is 3.10. The van der Waals surface area contributed by atoms with E-state index < -0.39 is 0 Å². The Hall–Kier alpha value is -0.820. The van der Waals surface area contributed by atoms with Gasteiger partial charge in [-0.15, -0.1) is 0 Å². The molecule has 2 aliphatic carbocycles. The zero-order valence-electron chi connectivity index (χ0n) is 10.1. The third-order valence-corrected chi connectivity index (χ3v) is 4.00. The molecule has 3 rings (SSSR count). The first-order valence-electron chi connectivity index (χ1n) is 6.67. The van der Waals surface area contributed by atoms with Crippen LogP contribution in [0.2, 0.25) is 0 Å². The van der Waals surface area contributed by atoms with Gasteiger partial charge in [0, 0.05) is 12.1 Å². The molecule has 0 saturated heterocycles. The number of benzene rings is 1. The molecular weight excluding hydrogens is 194 g/mol. The number of hydrogen-bond acceptors (Lipinski definition) is 1. The number of aryl methyl sites for hydroxylation is 1. The second-order valence-electron chi connectivity index (χ2n) is 5.54. The minimum atomic E-state index is 0.616. The molecule has 0 radical (unpaired) electrons. The molecule has 2 atom stereocenters. The van der Waals surface area contributed by atoms with E-state index in [1.807, 2.05) is 0 Å². The third kappa shape index (κ3) is 2.15. The van der Waals surface area contributed by atoms with Crippen LogP contribution in [0.4, 0.5) is 0 Å². The fourth-order valence-electron chi connectivity index (χ4n) is 3.00. The monoisotopic (exact) mass is 215 g/mol. The van der Waals surface area contributed by atoms with Gasteiger partial charge in [0.15, 0.2) is 0 Å². The van der Waals surface area contributed by atoms with Crippen LogP contribution in [0.15, 0.2) is 24.3 Å². The van der Waals surface area contributed by atoms with Crippen molar-refractivity contribution in [1.82, 2.24) is 5.32 Å². The van der Waals surface area contributed by atoms with Gasteiger partial charge < -0.3 is 5.32 Å². The van der Waals surface area contributed by atoms with Gasteiger partial charge in [-0.2, -0.15) is 0 Å².